The molecule has 0 radical (unpaired) electrons. The molecule has 52 heavy (non-hydrogen) atoms. The van der Waals surface area contributed by atoms with Crippen molar-refractivity contribution in [1.29, 1.82) is 0 Å². The van der Waals surface area contributed by atoms with Crippen molar-refractivity contribution in [1.82, 2.24) is 0 Å². The molecular formula is C48H46O2P2. The Morgan fingerprint density at radius 3 is 1.10 bits per heavy atom. The molecule has 0 bridgehead atoms. The molecule has 1 fully saturated rings. The second kappa shape index (κ2) is 13.6. The number of benzene rings is 6. The Balaban J connectivity index is 1.21. The summed E-state index contributed by atoms with van der Waals surface area (Å²) in [5, 5.41) is 8.17. The molecule has 2 heterocycles. The Morgan fingerprint density at radius 1 is 0.423 bits per heavy atom. The molecule has 0 unspecified atom stereocenters. The van der Waals surface area contributed by atoms with E-state index >= 15 is 0 Å². The Morgan fingerprint density at radius 2 is 0.750 bits per heavy atom. The van der Waals surface area contributed by atoms with E-state index in [0.29, 0.717) is 11.8 Å². The summed E-state index contributed by atoms with van der Waals surface area (Å²) >= 11 is 0. The van der Waals surface area contributed by atoms with Crippen molar-refractivity contribution in [2.45, 2.75) is 65.6 Å². The molecule has 1 saturated carbocycles. The maximum absolute atomic E-state index is 7.71. The van der Waals surface area contributed by atoms with Crippen molar-refractivity contribution in [3.63, 3.8) is 0 Å². The van der Waals surface area contributed by atoms with Crippen LogP contribution in [0.3, 0.4) is 0 Å². The Hall–Kier alpha value is -4.22. The predicted octanol–water partition coefficient (Wildman–Crippen LogP) is 9.12. The lowest BCUT2D eigenvalue weighted by Gasteiger charge is -2.54. The monoisotopic (exact) mass is 716 g/mol. The lowest BCUT2D eigenvalue weighted by Crippen LogP contribution is -2.62. The fourth-order valence-electron chi connectivity index (χ4n) is 9.13. The maximum atomic E-state index is 7.71. The predicted molar refractivity (Wildman–Crippen MR) is 221 cm³/mol. The number of para-hydroxylation sites is 2. The van der Waals surface area contributed by atoms with Gasteiger partial charge in [0.05, 0.1) is 0 Å². The quantitative estimate of drug-likeness (QED) is 0.160. The van der Waals surface area contributed by atoms with Gasteiger partial charge in [-0.05, 0) is 124 Å². The van der Waals surface area contributed by atoms with Crippen LogP contribution in [0.4, 0.5) is 0 Å². The van der Waals surface area contributed by atoms with Crippen molar-refractivity contribution in [2.75, 3.05) is 0 Å². The van der Waals surface area contributed by atoms with Crippen LogP contribution in [-0.2, 0) is 12.8 Å². The van der Waals surface area contributed by atoms with E-state index < -0.39 is 21.6 Å². The van der Waals surface area contributed by atoms with Gasteiger partial charge in [-0.2, -0.15) is 0 Å². The van der Waals surface area contributed by atoms with E-state index in [9.17, 15) is 0 Å². The zero-order chi connectivity index (χ0) is 35.4. The van der Waals surface area contributed by atoms with Gasteiger partial charge in [0.1, 0.15) is 11.5 Å². The van der Waals surface area contributed by atoms with Gasteiger partial charge in [0.15, 0.2) is 0 Å². The molecule has 0 amide bonds. The third-order valence-electron chi connectivity index (χ3n) is 11.8. The van der Waals surface area contributed by atoms with Crippen molar-refractivity contribution in [3.8, 4) is 11.5 Å². The lowest BCUT2D eigenvalue weighted by atomic mass is 9.68. The Kier molecular flexibility index (Phi) is 8.82. The average Bonchev–Trinajstić information content (AvgIpc) is 3.16. The van der Waals surface area contributed by atoms with E-state index in [4.69, 9.17) is 9.47 Å². The van der Waals surface area contributed by atoms with Gasteiger partial charge in [-0.15, -0.1) is 0 Å². The van der Waals surface area contributed by atoms with Crippen LogP contribution >= 0.6 is 15.8 Å². The SMILES string of the molecule is Cc1ccccc1P(c1ccccc1C)c1cccc2c1OC13Oc4c(cccc4P(c4ccccc4C)c4ccccc4C)C[C@@H]1CCC[C@H]3C2. The summed E-state index contributed by atoms with van der Waals surface area (Å²) in [5.41, 5.74) is 7.95. The molecule has 2 nitrogen and oxygen atoms in total. The van der Waals surface area contributed by atoms with Crippen molar-refractivity contribution < 1.29 is 9.47 Å². The summed E-state index contributed by atoms with van der Waals surface area (Å²) in [6, 6.07) is 49.6. The van der Waals surface area contributed by atoms with Crippen LogP contribution in [0, 0.1) is 39.5 Å². The van der Waals surface area contributed by atoms with Crippen LogP contribution in [0.25, 0.3) is 0 Å². The number of aryl methyl sites for hydroxylation is 4. The minimum Gasteiger partial charge on any atom is -0.451 e. The van der Waals surface area contributed by atoms with Gasteiger partial charge in [0.25, 0.3) is 5.79 Å². The maximum Gasteiger partial charge on any atom is 0.257 e. The molecule has 1 aliphatic carbocycles. The van der Waals surface area contributed by atoms with E-state index in [0.717, 1.165) is 37.2 Å². The van der Waals surface area contributed by atoms with E-state index in [1.54, 1.807) is 0 Å². The lowest BCUT2D eigenvalue weighted by molar-refractivity contribution is -0.225. The standard InChI is InChI=1S/C48H46O2P2/c1-32-16-5-9-24-40(32)51(41-25-10-6-17-33(41)2)44-28-13-20-36-30-38-22-15-23-39-31-37-21-14-29-45(47(37)50-48(38,39)49-46(36)44)52(42-26-11-7-18-34(42)3)43-27-12-8-19-35(43)4/h5-14,16-21,24-29,38-39H,15,22-23,30-31H2,1-4H3/t38-,39-,48?/m0/s1. The van der Waals surface area contributed by atoms with Crippen LogP contribution in [0.1, 0.15) is 52.6 Å². The highest BCUT2D eigenvalue weighted by atomic mass is 31.1. The van der Waals surface area contributed by atoms with Crippen LogP contribution in [0.15, 0.2) is 133 Å². The minimum absolute atomic E-state index is 0.293. The van der Waals surface area contributed by atoms with E-state index in [-0.39, 0.29) is 0 Å². The van der Waals surface area contributed by atoms with Gasteiger partial charge in [0, 0.05) is 22.4 Å². The third kappa shape index (κ3) is 5.62. The molecule has 4 heteroatoms. The Labute approximate surface area is 311 Å². The summed E-state index contributed by atoms with van der Waals surface area (Å²) in [6.45, 7) is 9.04. The first kappa shape index (κ1) is 33.6. The summed E-state index contributed by atoms with van der Waals surface area (Å²) in [6.07, 6.45) is 5.41. The topological polar surface area (TPSA) is 18.5 Å². The first-order valence-corrected chi connectivity index (χ1v) is 21.6. The zero-order valence-corrected chi connectivity index (χ0v) is 32.4. The highest BCUT2D eigenvalue weighted by Crippen LogP contribution is 2.55. The van der Waals surface area contributed by atoms with Crippen molar-refractivity contribution >= 4 is 47.7 Å². The van der Waals surface area contributed by atoms with E-state index in [2.05, 4.69) is 161 Å². The van der Waals surface area contributed by atoms with E-state index in [1.165, 1.54) is 71.6 Å². The number of hydrogen-bond donors (Lipinski definition) is 0. The van der Waals surface area contributed by atoms with Crippen LogP contribution in [-0.4, -0.2) is 5.79 Å². The molecule has 0 saturated heterocycles. The molecular weight excluding hydrogens is 670 g/mol. The highest BCUT2D eigenvalue weighted by molar-refractivity contribution is 7.80. The molecule has 6 aromatic carbocycles. The van der Waals surface area contributed by atoms with Gasteiger partial charge < -0.3 is 9.47 Å². The molecule has 260 valence electrons. The summed E-state index contributed by atoms with van der Waals surface area (Å²) in [7, 11) is -1.74. The number of fused-ring (bicyclic) bond motifs is 2. The smallest absolute Gasteiger partial charge is 0.257 e. The summed E-state index contributed by atoms with van der Waals surface area (Å²) in [4.78, 5) is 0. The fourth-order valence-corrected chi connectivity index (χ4v) is 14.6. The normalized spacial score (nSPS) is 20.3. The summed E-state index contributed by atoms with van der Waals surface area (Å²) in [5.74, 6) is 2.00. The largest absolute Gasteiger partial charge is 0.451 e. The summed E-state index contributed by atoms with van der Waals surface area (Å²) < 4.78 is 15.4. The average molecular weight is 717 g/mol. The molecule has 2 atom stereocenters. The van der Waals surface area contributed by atoms with Crippen molar-refractivity contribution in [3.05, 3.63) is 167 Å². The van der Waals surface area contributed by atoms with Gasteiger partial charge in [-0.3, -0.25) is 0 Å². The van der Waals surface area contributed by atoms with Gasteiger partial charge >= 0.3 is 0 Å². The molecule has 1 spiro atoms. The molecule has 3 aliphatic rings. The Bertz CT molecular complexity index is 2040. The molecule has 6 aromatic rings. The van der Waals surface area contributed by atoms with Crippen molar-refractivity contribution in [2.24, 2.45) is 11.8 Å². The molecule has 0 N–H and O–H groups in total. The van der Waals surface area contributed by atoms with E-state index in [1.807, 2.05) is 0 Å². The number of rotatable bonds is 6. The molecule has 2 aliphatic heterocycles. The van der Waals surface area contributed by atoms with Gasteiger partial charge in [-0.25, -0.2) is 0 Å². The van der Waals surface area contributed by atoms with Crippen LogP contribution in [0.5, 0.6) is 11.5 Å². The second-order valence-corrected chi connectivity index (χ2v) is 19.2. The van der Waals surface area contributed by atoms with Gasteiger partial charge in [0.2, 0.25) is 0 Å². The van der Waals surface area contributed by atoms with Crippen LogP contribution < -0.4 is 41.3 Å². The highest BCUT2D eigenvalue weighted by Gasteiger charge is 2.57. The fraction of sp³-hybridized carbons (Fsp3) is 0.250. The van der Waals surface area contributed by atoms with Gasteiger partial charge in [-0.1, -0.05) is 140 Å². The van der Waals surface area contributed by atoms with Crippen LogP contribution in [0.2, 0.25) is 0 Å². The zero-order valence-electron chi connectivity index (χ0n) is 30.6. The first-order chi connectivity index (χ1) is 25.4. The first-order valence-electron chi connectivity index (χ1n) is 18.9. The second-order valence-electron chi connectivity index (χ2n) is 15.0. The minimum atomic E-state index is -0.869. The third-order valence-corrected chi connectivity index (χ3v) is 17.4. The molecule has 0 aromatic heterocycles. The molecule has 9 rings (SSSR count). The number of hydrogen-bond acceptors (Lipinski definition) is 2. The number of ether oxygens (including phenoxy) is 2.